The predicted molar refractivity (Wildman–Crippen MR) is 73.1 cm³/mol. The van der Waals surface area contributed by atoms with Gasteiger partial charge in [0.25, 0.3) is 0 Å². The van der Waals surface area contributed by atoms with Gasteiger partial charge < -0.3 is 15.2 Å². The molecule has 1 aromatic carbocycles. The lowest BCUT2D eigenvalue weighted by atomic mass is 9.86. The van der Waals surface area contributed by atoms with Crippen LogP contribution in [0.2, 0.25) is 0 Å². The lowest BCUT2D eigenvalue weighted by Crippen LogP contribution is -2.59. The molecule has 0 heterocycles. The smallest absolute Gasteiger partial charge is 0.128 e. The summed E-state index contributed by atoms with van der Waals surface area (Å²) in [7, 11) is 1.69. The van der Waals surface area contributed by atoms with Crippen molar-refractivity contribution >= 4 is 0 Å². The third-order valence-electron chi connectivity index (χ3n) is 3.63. The number of ether oxygens (including phenoxy) is 2. The summed E-state index contributed by atoms with van der Waals surface area (Å²) in [6, 6.07) is 6.48. The van der Waals surface area contributed by atoms with Crippen molar-refractivity contribution in [3.8, 4) is 5.75 Å². The van der Waals surface area contributed by atoms with Crippen LogP contribution in [0.5, 0.6) is 5.75 Å². The van der Waals surface area contributed by atoms with Gasteiger partial charge in [0.05, 0.1) is 0 Å². The van der Waals surface area contributed by atoms with Crippen molar-refractivity contribution in [2.24, 2.45) is 5.73 Å². The fourth-order valence-corrected chi connectivity index (χ4v) is 2.44. The third-order valence-corrected chi connectivity index (χ3v) is 3.63. The molecule has 1 aliphatic rings. The van der Waals surface area contributed by atoms with E-state index in [1.807, 2.05) is 0 Å². The number of hydrogen-bond donors (Lipinski definition) is 1. The second-order valence-corrected chi connectivity index (χ2v) is 5.45. The van der Waals surface area contributed by atoms with Crippen LogP contribution < -0.4 is 10.5 Å². The van der Waals surface area contributed by atoms with E-state index in [1.54, 1.807) is 7.11 Å². The molecule has 18 heavy (non-hydrogen) atoms. The molecule has 100 valence electrons. The van der Waals surface area contributed by atoms with Gasteiger partial charge >= 0.3 is 0 Å². The highest BCUT2D eigenvalue weighted by atomic mass is 16.5. The van der Waals surface area contributed by atoms with Gasteiger partial charge in [0.1, 0.15) is 18.0 Å². The minimum absolute atomic E-state index is 0.0190. The van der Waals surface area contributed by atoms with E-state index in [0.29, 0.717) is 5.92 Å². The van der Waals surface area contributed by atoms with E-state index in [9.17, 15) is 0 Å². The molecule has 0 saturated heterocycles. The molecule has 3 heteroatoms. The Labute approximate surface area is 109 Å². The highest BCUT2D eigenvalue weighted by Crippen LogP contribution is 2.33. The van der Waals surface area contributed by atoms with Gasteiger partial charge in [0.15, 0.2) is 0 Å². The number of hydrogen-bond acceptors (Lipinski definition) is 3. The maximum absolute atomic E-state index is 6.09. The van der Waals surface area contributed by atoms with Crippen LogP contribution >= 0.6 is 0 Å². The average Bonchev–Trinajstić information content (AvgIpc) is 2.28. The van der Waals surface area contributed by atoms with Gasteiger partial charge in [-0.15, -0.1) is 0 Å². The number of benzene rings is 1. The monoisotopic (exact) mass is 249 g/mol. The second kappa shape index (κ2) is 5.29. The van der Waals surface area contributed by atoms with E-state index in [1.165, 1.54) is 11.1 Å². The zero-order valence-corrected chi connectivity index (χ0v) is 11.6. The summed E-state index contributed by atoms with van der Waals surface area (Å²) < 4.78 is 11.5. The molecule has 1 fully saturated rings. The maximum Gasteiger partial charge on any atom is 0.128 e. The fourth-order valence-electron chi connectivity index (χ4n) is 2.44. The minimum atomic E-state index is 0.0190. The molecule has 1 saturated carbocycles. The molecule has 0 radical (unpaired) electrons. The standard InChI is InChI=1S/C15H23NO2/c1-9(2)11-6-5-10(3)7-13(11)18-14-8-12(16)15(14)17-4/h5-7,9,12,14-15H,8,16H2,1-4H3. The van der Waals surface area contributed by atoms with Crippen molar-refractivity contribution in [1.29, 1.82) is 0 Å². The van der Waals surface area contributed by atoms with Gasteiger partial charge in [-0.2, -0.15) is 0 Å². The van der Waals surface area contributed by atoms with E-state index in [2.05, 4.69) is 39.0 Å². The molecule has 0 spiro atoms. The first-order valence-electron chi connectivity index (χ1n) is 6.58. The van der Waals surface area contributed by atoms with Crippen LogP contribution in [0.3, 0.4) is 0 Å². The Kier molecular flexibility index (Phi) is 3.93. The summed E-state index contributed by atoms with van der Waals surface area (Å²) in [6.45, 7) is 6.44. The summed E-state index contributed by atoms with van der Waals surface area (Å²) in [6.07, 6.45) is 0.971. The first kappa shape index (κ1) is 13.4. The van der Waals surface area contributed by atoms with Crippen molar-refractivity contribution in [1.82, 2.24) is 0 Å². The van der Waals surface area contributed by atoms with Gasteiger partial charge in [-0.1, -0.05) is 26.0 Å². The number of aryl methyl sites for hydroxylation is 1. The van der Waals surface area contributed by atoms with Crippen LogP contribution in [0.4, 0.5) is 0 Å². The largest absolute Gasteiger partial charge is 0.487 e. The Bertz CT molecular complexity index is 417. The van der Waals surface area contributed by atoms with Crippen LogP contribution in [-0.2, 0) is 4.74 Å². The molecule has 3 unspecified atom stereocenters. The molecule has 0 aromatic heterocycles. The van der Waals surface area contributed by atoms with Crippen LogP contribution in [-0.4, -0.2) is 25.4 Å². The van der Waals surface area contributed by atoms with Crippen molar-refractivity contribution < 1.29 is 9.47 Å². The molecular formula is C15H23NO2. The first-order chi connectivity index (χ1) is 8.52. The van der Waals surface area contributed by atoms with Gasteiger partial charge in [0, 0.05) is 19.6 Å². The summed E-state index contributed by atoms with van der Waals surface area (Å²) in [5.74, 6) is 1.43. The Morgan fingerprint density at radius 2 is 2.06 bits per heavy atom. The lowest BCUT2D eigenvalue weighted by molar-refractivity contribution is -0.0785. The summed E-state index contributed by atoms with van der Waals surface area (Å²) in [5.41, 5.74) is 8.36. The molecule has 2 rings (SSSR count). The van der Waals surface area contributed by atoms with Crippen LogP contribution in [0.25, 0.3) is 0 Å². The minimum Gasteiger partial charge on any atom is -0.487 e. The van der Waals surface area contributed by atoms with E-state index in [-0.39, 0.29) is 18.2 Å². The highest BCUT2D eigenvalue weighted by molar-refractivity contribution is 5.39. The predicted octanol–water partition coefficient (Wildman–Crippen LogP) is 2.61. The normalized spacial score (nSPS) is 27.1. The summed E-state index contributed by atoms with van der Waals surface area (Å²) in [4.78, 5) is 0. The SMILES string of the molecule is COC1C(N)CC1Oc1cc(C)ccc1C(C)C. The Balaban J connectivity index is 2.16. The number of nitrogens with two attached hydrogens (primary N) is 1. The van der Waals surface area contributed by atoms with Crippen LogP contribution in [0.1, 0.15) is 37.3 Å². The van der Waals surface area contributed by atoms with Crippen LogP contribution in [0.15, 0.2) is 18.2 Å². The summed E-state index contributed by atoms with van der Waals surface area (Å²) in [5, 5.41) is 0. The Morgan fingerprint density at radius 1 is 1.33 bits per heavy atom. The molecule has 0 bridgehead atoms. The Morgan fingerprint density at radius 3 is 2.61 bits per heavy atom. The average molecular weight is 249 g/mol. The van der Waals surface area contributed by atoms with Crippen molar-refractivity contribution in [2.45, 2.75) is 51.4 Å². The third kappa shape index (κ3) is 2.52. The molecule has 3 nitrogen and oxygen atoms in total. The second-order valence-electron chi connectivity index (χ2n) is 5.45. The Hall–Kier alpha value is -1.06. The van der Waals surface area contributed by atoms with Gasteiger partial charge in [-0.05, 0) is 30.0 Å². The van der Waals surface area contributed by atoms with E-state index in [0.717, 1.165) is 12.2 Å². The van der Waals surface area contributed by atoms with Crippen LogP contribution in [0, 0.1) is 6.92 Å². The van der Waals surface area contributed by atoms with Crippen molar-refractivity contribution in [2.75, 3.05) is 7.11 Å². The summed E-state index contributed by atoms with van der Waals surface area (Å²) >= 11 is 0. The van der Waals surface area contributed by atoms with Gasteiger partial charge in [0.2, 0.25) is 0 Å². The number of rotatable bonds is 4. The molecule has 1 aliphatic carbocycles. The highest BCUT2D eigenvalue weighted by Gasteiger charge is 2.41. The topological polar surface area (TPSA) is 44.5 Å². The zero-order chi connectivity index (χ0) is 13.3. The van der Waals surface area contributed by atoms with E-state index >= 15 is 0 Å². The van der Waals surface area contributed by atoms with Gasteiger partial charge in [-0.3, -0.25) is 0 Å². The maximum atomic E-state index is 6.09. The molecular weight excluding hydrogens is 226 g/mol. The number of methoxy groups -OCH3 is 1. The lowest BCUT2D eigenvalue weighted by Gasteiger charge is -2.41. The first-order valence-corrected chi connectivity index (χ1v) is 6.58. The zero-order valence-electron chi connectivity index (χ0n) is 11.6. The molecule has 0 amide bonds. The molecule has 1 aromatic rings. The van der Waals surface area contributed by atoms with E-state index in [4.69, 9.17) is 15.2 Å². The van der Waals surface area contributed by atoms with E-state index < -0.39 is 0 Å². The van der Waals surface area contributed by atoms with Crippen molar-refractivity contribution in [3.05, 3.63) is 29.3 Å². The molecule has 3 atom stereocenters. The quantitative estimate of drug-likeness (QED) is 0.892. The fraction of sp³-hybridized carbons (Fsp3) is 0.600. The molecule has 2 N–H and O–H groups in total. The van der Waals surface area contributed by atoms with Gasteiger partial charge in [-0.25, -0.2) is 0 Å². The molecule has 0 aliphatic heterocycles. The van der Waals surface area contributed by atoms with Crippen molar-refractivity contribution in [3.63, 3.8) is 0 Å².